The largest absolute Gasteiger partial charge is 0.335 e. The third-order valence-corrected chi connectivity index (χ3v) is 6.12. The van der Waals surface area contributed by atoms with Gasteiger partial charge in [-0.15, -0.1) is 10.2 Å². The highest BCUT2D eigenvalue weighted by Gasteiger charge is 2.21. The number of aryl methyl sites for hydroxylation is 3. The molecule has 0 spiro atoms. The molecular formula is C21H23N5OS. The summed E-state index contributed by atoms with van der Waals surface area (Å²) in [7, 11) is 0. The summed E-state index contributed by atoms with van der Waals surface area (Å²) in [5.41, 5.74) is 5.57. The summed E-state index contributed by atoms with van der Waals surface area (Å²) in [4.78, 5) is 12.6. The Hall–Kier alpha value is -2.80. The Kier molecular flexibility index (Phi) is 5.09. The van der Waals surface area contributed by atoms with Crippen LogP contribution >= 0.6 is 11.8 Å². The average Bonchev–Trinajstić information content (AvgIpc) is 3.29. The van der Waals surface area contributed by atoms with Gasteiger partial charge in [0.25, 0.3) is 0 Å². The Morgan fingerprint density at radius 3 is 2.79 bits per heavy atom. The number of nitrogens with one attached hydrogen (secondary N) is 1. The van der Waals surface area contributed by atoms with E-state index in [1.54, 1.807) is 0 Å². The van der Waals surface area contributed by atoms with Crippen molar-refractivity contribution >= 4 is 23.4 Å². The van der Waals surface area contributed by atoms with Crippen molar-refractivity contribution in [2.75, 3.05) is 11.2 Å². The maximum atomic E-state index is 12.6. The van der Waals surface area contributed by atoms with Crippen LogP contribution in [0.5, 0.6) is 0 Å². The summed E-state index contributed by atoms with van der Waals surface area (Å²) in [5.74, 6) is 6.72. The lowest BCUT2D eigenvalue weighted by Gasteiger charge is -2.12. The Labute approximate surface area is 168 Å². The van der Waals surface area contributed by atoms with Gasteiger partial charge in [-0.3, -0.25) is 4.79 Å². The quantitative estimate of drug-likeness (QED) is 0.511. The number of hydrogen-bond donors (Lipinski definition) is 2. The molecule has 7 heteroatoms. The van der Waals surface area contributed by atoms with E-state index in [0.29, 0.717) is 11.0 Å². The smallest absolute Gasteiger partial charge is 0.237 e. The number of rotatable bonds is 5. The fourth-order valence-corrected chi connectivity index (χ4v) is 4.24. The van der Waals surface area contributed by atoms with E-state index < -0.39 is 0 Å². The standard InChI is InChI=1S/C21H23N5OS/c1-13-6-3-4-9-18(13)19-24-25-21(26(19)22)28-14(2)20(27)23-17-11-10-15-7-5-8-16(15)12-17/h3-4,6,9-12,14H,5,7-8,22H2,1-2H3,(H,23,27)/t14-/m1/s1. The number of aromatic nitrogens is 3. The summed E-state index contributed by atoms with van der Waals surface area (Å²) in [6.07, 6.45) is 3.40. The summed E-state index contributed by atoms with van der Waals surface area (Å²) in [5, 5.41) is 11.6. The highest BCUT2D eigenvalue weighted by atomic mass is 32.2. The maximum absolute atomic E-state index is 12.6. The second-order valence-corrected chi connectivity index (χ2v) is 8.39. The molecule has 144 valence electrons. The summed E-state index contributed by atoms with van der Waals surface area (Å²) in [6, 6.07) is 14.0. The number of nitrogens with two attached hydrogens (primary N) is 1. The molecule has 3 aromatic rings. The first-order valence-electron chi connectivity index (χ1n) is 9.39. The van der Waals surface area contributed by atoms with Crippen LogP contribution in [0.25, 0.3) is 11.4 Å². The number of thioether (sulfide) groups is 1. The lowest BCUT2D eigenvalue weighted by molar-refractivity contribution is -0.115. The van der Waals surface area contributed by atoms with E-state index in [0.717, 1.165) is 29.7 Å². The van der Waals surface area contributed by atoms with Crippen LogP contribution in [-0.4, -0.2) is 26.0 Å². The second kappa shape index (κ2) is 7.67. The van der Waals surface area contributed by atoms with E-state index in [9.17, 15) is 4.79 Å². The molecule has 1 aliphatic rings. The van der Waals surface area contributed by atoms with Crippen LogP contribution in [0.3, 0.4) is 0 Å². The predicted molar refractivity (Wildman–Crippen MR) is 113 cm³/mol. The lowest BCUT2D eigenvalue weighted by Crippen LogP contribution is -2.23. The number of carbonyl (C=O) groups excluding carboxylic acids is 1. The fourth-order valence-electron chi connectivity index (χ4n) is 3.47. The predicted octanol–water partition coefficient (Wildman–Crippen LogP) is 3.58. The Morgan fingerprint density at radius 2 is 1.96 bits per heavy atom. The van der Waals surface area contributed by atoms with E-state index in [4.69, 9.17) is 5.84 Å². The van der Waals surface area contributed by atoms with Crippen LogP contribution in [0.1, 0.15) is 30.0 Å². The molecule has 0 aliphatic heterocycles. The molecule has 0 radical (unpaired) electrons. The van der Waals surface area contributed by atoms with Gasteiger partial charge >= 0.3 is 0 Å². The van der Waals surface area contributed by atoms with Crippen molar-refractivity contribution in [2.45, 2.75) is 43.5 Å². The van der Waals surface area contributed by atoms with Crippen molar-refractivity contribution in [3.8, 4) is 11.4 Å². The molecule has 0 saturated carbocycles. The Balaban J connectivity index is 1.46. The zero-order chi connectivity index (χ0) is 19.7. The van der Waals surface area contributed by atoms with Crippen molar-refractivity contribution in [1.82, 2.24) is 14.9 Å². The molecule has 4 rings (SSSR count). The third kappa shape index (κ3) is 3.62. The van der Waals surface area contributed by atoms with Crippen molar-refractivity contribution < 1.29 is 4.79 Å². The highest BCUT2D eigenvalue weighted by Crippen LogP contribution is 2.28. The molecule has 1 aromatic heterocycles. The first-order valence-corrected chi connectivity index (χ1v) is 10.3. The van der Waals surface area contributed by atoms with Gasteiger partial charge in [-0.2, -0.15) is 0 Å². The minimum absolute atomic E-state index is 0.0802. The van der Waals surface area contributed by atoms with E-state index in [2.05, 4.69) is 27.6 Å². The van der Waals surface area contributed by atoms with Crippen molar-refractivity contribution in [2.24, 2.45) is 0 Å². The molecule has 0 saturated heterocycles. The van der Waals surface area contributed by atoms with Gasteiger partial charge in [-0.05, 0) is 61.9 Å². The van der Waals surface area contributed by atoms with Gasteiger partial charge in [0.15, 0.2) is 5.82 Å². The number of nitrogen functional groups attached to an aromatic ring is 1. The minimum Gasteiger partial charge on any atom is -0.335 e. The normalized spacial score (nSPS) is 13.9. The zero-order valence-electron chi connectivity index (χ0n) is 16.0. The minimum atomic E-state index is -0.357. The van der Waals surface area contributed by atoms with Gasteiger partial charge in [-0.1, -0.05) is 42.1 Å². The topological polar surface area (TPSA) is 85.8 Å². The van der Waals surface area contributed by atoms with Crippen molar-refractivity contribution in [1.29, 1.82) is 0 Å². The van der Waals surface area contributed by atoms with Gasteiger partial charge < -0.3 is 11.2 Å². The number of anilines is 1. The molecule has 0 fully saturated rings. The number of amides is 1. The van der Waals surface area contributed by atoms with Crippen molar-refractivity contribution in [3.63, 3.8) is 0 Å². The molecule has 0 unspecified atom stereocenters. The van der Waals surface area contributed by atoms with Gasteiger partial charge in [0.05, 0.1) is 5.25 Å². The monoisotopic (exact) mass is 393 g/mol. The van der Waals surface area contributed by atoms with Crippen LogP contribution in [0.15, 0.2) is 47.6 Å². The number of hydrogen-bond acceptors (Lipinski definition) is 5. The molecular weight excluding hydrogens is 370 g/mol. The van der Waals surface area contributed by atoms with Crippen LogP contribution in [0.4, 0.5) is 5.69 Å². The molecule has 0 bridgehead atoms. The van der Waals surface area contributed by atoms with E-state index in [1.165, 1.54) is 34.0 Å². The third-order valence-electron chi connectivity index (χ3n) is 5.07. The van der Waals surface area contributed by atoms with Gasteiger partial charge in [0.2, 0.25) is 11.1 Å². The number of fused-ring (bicyclic) bond motifs is 1. The second-order valence-electron chi connectivity index (χ2n) is 7.08. The van der Waals surface area contributed by atoms with E-state index >= 15 is 0 Å². The van der Waals surface area contributed by atoms with Gasteiger partial charge in [0, 0.05) is 11.3 Å². The molecule has 6 nitrogen and oxygen atoms in total. The van der Waals surface area contributed by atoms with Crippen LogP contribution in [0, 0.1) is 6.92 Å². The highest BCUT2D eigenvalue weighted by molar-refractivity contribution is 8.00. The number of carbonyl (C=O) groups is 1. The summed E-state index contributed by atoms with van der Waals surface area (Å²) < 4.78 is 1.45. The van der Waals surface area contributed by atoms with Crippen LogP contribution in [0.2, 0.25) is 0 Å². The fraction of sp³-hybridized carbons (Fsp3) is 0.286. The maximum Gasteiger partial charge on any atom is 0.237 e. The summed E-state index contributed by atoms with van der Waals surface area (Å²) >= 11 is 1.30. The van der Waals surface area contributed by atoms with Crippen LogP contribution < -0.4 is 11.2 Å². The summed E-state index contributed by atoms with van der Waals surface area (Å²) in [6.45, 7) is 3.85. The average molecular weight is 394 g/mol. The van der Waals surface area contributed by atoms with E-state index in [-0.39, 0.29) is 11.2 Å². The molecule has 3 N–H and O–H groups in total. The SMILES string of the molecule is Cc1ccccc1-c1nnc(S[C@H](C)C(=O)Nc2ccc3c(c2)CCC3)n1N. The first-order chi connectivity index (χ1) is 13.5. The first kappa shape index (κ1) is 18.6. The molecule has 1 aliphatic carbocycles. The number of nitrogens with zero attached hydrogens (tertiary/aromatic N) is 3. The molecule has 1 atom stereocenters. The molecule has 2 aromatic carbocycles. The lowest BCUT2D eigenvalue weighted by atomic mass is 10.1. The number of benzene rings is 2. The van der Waals surface area contributed by atoms with E-state index in [1.807, 2.05) is 44.2 Å². The molecule has 28 heavy (non-hydrogen) atoms. The zero-order valence-corrected chi connectivity index (χ0v) is 16.8. The van der Waals surface area contributed by atoms with Gasteiger partial charge in [0.1, 0.15) is 0 Å². The molecule has 1 heterocycles. The van der Waals surface area contributed by atoms with Gasteiger partial charge in [-0.25, -0.2) is 4.68 Å². The van der Waals surface area contributed by atoms with Crippen molar-refractivity contribution in [3.05, 3.63) is 59.2 Å². The molecule has 1 amide bonds. The Morgan fingerprint density at radius 1 is 1.18 bits per heavy atom. The Bertz CT molecular complexity index is 1030. The van der Waals surface area contributed by atoms with Crippen LogP contribution in [-0.2, 0) is 17.6 Å².